The van der Waals surface area contributed by atoms with Crippen molar-refractivity contribution in [1.82, 2.24) is 0 Å². The summed E-state index contributed by atoms with van der Waals surface area (Å²) in [6, 6.07) is 38.6. The van der Waals surface area contributed by atoms with Crippen molar-refractivity contribution in [2.45, 2.75) is 254 Å². The van der Waals surface area contributed by atoms with Crippen LogP contribution in [0.5, 0.6) is 11.5 Å². The molecule has 0 saturated heterocycles. The Morgan fingerprint density at radius 2 is 0.753 bits per heavy atom. The van der Waals surface area contributed by atoms with E-state index in [-0.39, 0.29) is 12.0 Å². The van der Waals surface area contributed by atoms with Gasteiger partial charge in [-0.25, -0.2) is 0 Å². The first-order valence-corrected chi connectivity index (χ1v) is 29.0. The second-order valence-corrected chi connectivity index (χ2v) is 18.7. The molecule has 0 radical (unpaired) electrons. The highest BCUT2D eigenvalue weighted by atomic mass is 16.5. The van der Waals surface area contributed by atoms with E-state index in [0.29, 0.717) is 29.6 Å². The van der Waals surface area contributed by atoms with Crippen LogP contribution in [0, 0.1) is 20.8 Å². The highest BCUT2D eigenvalue weighted by Gasteiger charge is 2.15. The fourth-order valence-corrected chi connectivity index (χ4v) is 6.70. The van der Waals surface area contributed by atoms with Gasteiger partial charge < -0.3 is 14.6 Å². The van der Waals surface area contributed by atoms with Crippen LogP contribution < -0.4 is 9.47 Å². The van der Waals surface area contributed by atoms with Gasteiger partial charge in [-0.15, -0.1) is 0 Å². The van der Waals surface area contributed by atoms with E-state index in [1.54, 1.807) is 14.2 Å². The van der Waals surface area contributed by atoms with E-state index in [9.17, 15) is 0 Å². The Labute approximate surface area is 456 Å². The molecule has 5 atom stereocenters. The molecule has 5 aromatic rings. The van der Waals surface area contributed by atoms with Gasteiger partial charge in [0.1, 0.15) is 11.5 Å². The van der Waals surface area contributed by atoms with Gasteiger partial charge in [0.05, 0.1) is 20.8 Å². The Morgan fingerprint density at radius 1 is 0.397 bits per heavy atom. The number of rotatable bonds is 13. The number of aryl methyl sites for hydroxylation is 3. The maximum atomic E-state index is 8.92. The molecule has 73 heavy (non-hydrogen) atoms. The van der Waals surface area contributed by atoms with Gasteiger partial charge in [-0.05, 0) is 162 Å². The first kappa shape index (κ1) is 77.6. The molecule has 3 nitrogen and oxygen atoms in total. The van der Waals surface area contributed by atoms with Gasteiger partial charge in [-0.3, -0.25) is 0 Å². The van der Waals surface area contributed by atoms with Crippen molar-refractivity contribution >= 4 is 0 Å². The lowest BCUT2D eigenvalue weighted by Gasteiger charge is -2.21. The van der Waals surface area contributed by atoms with Crippen molar-refractivity contribution in [1.29, 1.82) is 0 Å². The van der Waals surface area contributed by atoms with Crippen molar-refractivity contribution < 1.29 is 14.6 Å². The van der Waals surface area contributed by atoms with Gasteiger partial charge in [0.25, 0.3) is 0 Å². The second-order valence-electron chi connectivity index (χ2n) is 18.7. The Morgan fingerprint density at radius 3 is 1.11 bits per heavy atom. The normalized spacial score (nSPS) is 11.7. The molecular formula is C70H120O3. The van der Waals surface area contributed by atoms with E-state index in [1.165, 1.54) is 75.8 Å². The molecule has 5 rings (SSSR count). The van der Waals surface area contributed by atoms with Gasteiger partial charge >= 0.3 is 0 Å². The van der Waals surface area contributed by atoms with Crippen molar-refractivity contribution in [2.24, 2.45) is 0 Å². The number of benzene rings is 5. The highest BCUT2D eigenvalue weighted by molar-refractivity contribution is 5.37. The quantitative estimate of drug-likeness (QED) is 0.128. The van der Waals surface area contributed by atoms with Crippen LogP contribution in [0.15, 0.2) is 109 Å². The Bertz CT molecular complexity index is 1970. The Kier molecular flexibility index (Phi) is 51.6. The molecule has 0 bridgehead atoms. The molecular weight excluding hydrogens is 889 g/mol. The molecule has 0 saturated carbocycles. The molecule has 0 spiro atoms. The van der Waals surface area contributed by atoms with E-state index in [2.05, 4.69) is 196 Å². The third-order valence-electron chi connectivity index (χ3n) is 12.9. The summed E-state index contributed by atoms with van der Waals surface area (Å²) < 4.78 is 10.3. The number of hydrogen-bond donors (Lipinski definition) is 1. The van der Waals surface area contributed by atoms with Crippen LogP contribution in [0.25, 0.3) is 0 Å². The zero-order chi connectivity index (χ0) is 57.7. The predicted octanol–water partition coefficient (Wildman–Crippen LogP) is 22.9. The summed E-state index contributed by atoms with van der Waals surface area (Å²) in [4.78, 5) is 0. The third kappa shape index (κ3) is 33.3. The molecule has 5 aromatic carbocycles. The van der Waals surface area contributed by atoms with E-state index >= 15 is 0 Å². The minimum atomic E-state index is 0.143. The average Bonchev–Trinajstić information content (AvgIpc) is 3.45. The van der Waals surface area contributed by atoms with E-state index in [0.717, 1.165) is 23.5 Å². The fraction of sp³-hybridized carbons (Fsp3) is 0.571. The maximum absolute atomic E-state index is 8.92. The molecule has 418 valence electrons. The van der Waals surface area contributed by atoms with Gasteiger partial charge in [0.15, 0.2) is 0 Å². The molecule has 0 aliphatic rings. The summed E-state index contributed by atoms with van der Waals surface area (Å²) >= 11 is 0. The highest BCUT2D eigenvalue weighted by Crippen LogP contribution is 2.28. The number of methoxy groups -OCH3 is 2. The smallest absolute Gasteiger partial charge is 0.121 e. The van der Waals surface area contributed by atoms with Gasteiger partial charge in [-0.2, -0.15) is 0 Å². The SMILES string of the molecule is CC.CC.CC.CC.CC.CCC(C)c1ccc(C)c(C)c1.CCC(C)c1ccc(OC)c(C)c1.CCC(C)c1ccc(OC)cc1.CCC(C)c1cccc(C(C)(C)C)c1.CCC(C)c1cccc(CO)c1. The fourth-order valence-electron chi connectivity index (χ4n) is 6.70. The summed E-state index contributed by atoms with van der Waals surface area (Å²) in [5, 5.41) is 8.92. The largest absolute Gasteiger partial charge is 0.497 e. The molecule has 0 heterocycles. The number of aliphatic hydroxyl groups is 1. The average molecular weight is 1010 g/mol. The Hall–Kier alpha value is -4.34. The third-order valence-corrected chi connectivity index (χ3v) is 12.9. The molecule has 1 N–H and O–H groups in total. The predicted molar refractivity (Wildman–Crippen MR) is 334 cm³/mol. The molecule has 3 heteroatoms. The molecule has 0 aliphatic carbocycles. The van der Waals surface area contributed by atoms with Crippen LogP contribution in [0.2, 0.25) is 0 Å². The molecule has 0 aliphatic heterocycles. The van der Waals surface area contributed by atoms with Gasteiger partial charge in [0.2, 0.25) is 0 Å². The molecule has 0 amide bonds. The van der Waals surface area contributed by atoms with Gasteiger partial charge in [0, 0.05) is 0 Å². The Balaban J connectivity index is -0.000000253. The second kappa shape index (κ2) is 48.6. The van der Waals surface area contributed by atoms with Crippen LogP contribution in [-0.2, 0) is 12.0 Å². The monoisotopic (exact) mass is 1010 g/mol. The van der Waals surface area contributed by atoms with Crippen molar-refractivity contribution in [3.63, 3.8) is 0 Å². The number of ether oxygens (including phenoxy) is 2. The lowest BCUT2D eigenvalue weighted by atomic mass is 9.84. The molecule has 0 aromatic heterocycles. The topological polar surface area (TPSA) is 38.7 Å². The lowest BCUT2D eigenvalue weighted by Crippen LogP contribution is -2.11. The summed E-state index contributed by atoms with van der Waals surface area (Å²) in [5.41, 5.74) is 13.8. The van der Waals surface area contributed by atoms with Crippen molar-refractivity contribution in [2.75, 3.05) is 14.2 Å². The minimum absolute atomic E-state index is 0.143. The van der Waals surface area contributed by atoms with Crippen LogP contribution >= 0.6 is 0 Å². The van der Waals surface area contributed by atoms with Crippen molar-refractivity contribution in [3.8, 4) is 11.5 Å². The zero-order valence-electron chi connectivity index (χ0n) is 53.3. The standard InChI is InChI=1S/C14H22.C12H18O.C12H18.2C11H16O.5C2H6/c1-6-11(2)12-8-7-9-13(10-12)14(3,4)5;1-5-9(2)11-6-7-12(13-4)10(3)8-11;1-5-9(2)12-7-6-10(3)11(4)8-12;1-4-9(2)10-5-7-11(12-3)8-6-10;1-3-9(2)11-6-4-5-10(7-11)8-12;5*1-2/h7-11H,6H2,1-5H3;6-9H,5H2,1-4H3;6-9H,5H2,1-4H3;5-9H,4H2,1-3H3;4-7,9,12H,3,8H2,1-2H3;5*1-2H3. The van der Waals surface area contributed by atoms with Crippen LogP contribution in [0.4, 0.5) is 0 Å². The van der Waals surface area contributed by atoms with Crippen LogP contribution in [0.3, 0.4) is 0 Å². The first-order valence-electron chi connectivity index (χ1n) is 29.0. The van der Waals surface area contributed by atoms with Crippen LogP contribution in [-0.4, -0.2) is 19.3 Å². The summed E-state index contributed by atoms with van der Waals surface area (Å²) in [7, 11) is 3.41. The lowest BCUT2D eigenvalue weighted by molar-refractivity contribution is 0.281. The number of hydrogen-bond acceptors (Lipinski definition) is 3. The van der Waals surface area contributed by atoms with E-state index < -0.39 is 0 Å². The van der Waals surface area contributed by atoms with Crippen LogP contribution in [0.1, 0.15) is 277 Å². The maximum Gasteiger partial charge on any atom is 0.121 e. The molecule has 0 fully saturated rings. The summed E-state index contributed by atoms with van der Waals surface area (Å²) in [5.74, 6) is 5.17. The van der Waals surface area contributed by atoms with Gasteiger partial charge in [-0.1, -0.05) is 250 Å². The minimum Gasteiger partial charge on any atom is -0.497 e. The number of aliphatic hydroxyl groups excluding tert-OH is 1. The summed E-state index contributed by atoms with van der Waals surface area (Å²) in [6.07, 6.45) is 5.96. The first-order chi connectivity index (χ1) is 34.8. The van der Waals surface area contributed by atoms with E-state index in [1.807, 2.05) is 93.5 Å². The zero-order valence-corrected chi connectivity index (χ0v) is 53.3. The van der Waals surface area contributed by atoms with E-state index in [4.69, 9.17) is 14.6 Å². The molecule has 5 unspecified atom stereocenters. The van der Waals surface area contributed by atoms with Crippen molar-refractivity contribution in [3.05, 3.63) is 165 Å². The summed E-state index contributed by atoms with van der Waals surface area (Å²) in [6.45, 7) is 55.7.